The zero-order valence-electron chi connectivity index (χ0n) is 28.8. The molecule has 1 fully saturated rings. The second-order valence-electron chi connectivity index (χ2n) is 13.4. The quantitative estimate of drug-likeness (QED) is 0.135. The van der Waals surface area contributed by atoms with Crippen molar-refractivity contribution >= 4 is 57.1 Å². The van der Waals surface area contributed by atoms with Gasteiger partial charge in [-0.1, -0.05) is 41.9 Å². The van der Waals surface area contributed by atoms with Gasteiger partial charge in [-0.2, -0.15) is 5.26 Å². The van der Waals surface area contributed by atoms with Crippen molar-refractivity contribution in [2.75, 3.05) is 23.7 Å². The third-order valence-corrected chi connectivity index (χ3v) is 9.25. The Bertz CT molecular complexity index is 1920. The molecule has 2 aliphatic rings. The molecule has 3 aromatic rings. The third-order valence-electron chi connectivity index (χ3n) is 8.67. The highest BCUT2D eigenvalue weighted by Crippen LogP contribution is 2.36. The number of carbonyl (C=O) groups is 1. The first-order chi connectivity index (χ1) is 23.7. The fraction of sp³-hybridized carbons (Fsp3) is 0.324. The van der Waals surface area contributed by atoms with Crippen LogP contribution in [0.3, 0.4) is 0 Å². The zero-order valence-corrected chi connectivity index (χ0v) is 30.3. The van der Waals surface area contributed by atoms with Crippen molar-refractivity contribution < 1.29 is 9.18 Å². The van der Waals surface area contributed by atoms with Gasteiger partial charge in [0.05, 0.1) is 38.6 Å². The number of benzene rings is 2. The molecule has 50 heavy (non-hydrogen) atoms. The lowest BCUT2D eigenvalue weighted by Crippen LogP contribution is -2.52. The fourth-order valence-corrected chi connectivity index (χ4v) is 6.50. The molecule has 13 heteroatoms. The number of anilines is 3. The first-order valence-corrected chi connectivity index (χ1v) is 17.1. The number of fused-ring (bicyclic) bond motifs is 1. The van der Waals surface area contributed by atoms with Gasteiger partial charge in [0.25, 0.3) is 0 Å². The van der Waals surface area contributed by atoms with Gasteiger partial charge >= 0.3 is 0 Å². The number of aromatic nitrogens is 1. The first kappa shape index (κ1) is 36.7. The van der Waals surface area contributed by atoms with Gasteiger partial charge in [-0.25, -0.2) is 4.39 Å². The second-order valence-corrected chi connectivity index (χ2v) is 14.2. The number of amides is 1. The summed E-state index contributed by atoms with van der Waals surface area (Å²) in [4.78, 5) is 18.5. The molecule has 262 valence electrons. The smallest absolute Gasteiger partial charge is 0.220 e. The predicted molar refractivity (Wildman–Crippen MR) is 200 cm³/mol. The van der Waals surface area contributed by atoms with Crippen LogP contribution in [0.15, 0.2) is 84.5 Å². The molecule has 5 N–H and O–H groups in total. The summed E-state index contributed by atoms with van der Waals surface area (Å²) in [6, 6.07) is 9.91. The number of likely N-dealkylation sites (tertiary alicyclic amines) is 1. The molecule has 1 saturated heterocycles. The van der Waals surface area contributed by atoms with E-state index in [0.29, 0.717) is 44.7 Å². The number of hydrogen-bond donors (Lipinski definition) is 5. The fourth-order valence-electron chi connectivity index (χ4n) is 6.05. The van der Waals surface area contributed by atoms with E-state index < -0.39 is 11.9 Å². The summed E-state index contributed by atoms with van der Waals surface area (Å²) < 4.78 is 13.9. The largest absolute Gasteiger partial charge is 0.373 e. The Hall–Kier alpha value is -4.60. The van der Waals surface area contributed by atoms with Crippen LogP contribution in [-0.2, 0) is 4.79 Å². The summed E-state index contributed by atoms with van der Waals surface area (Å²) in [7, 11) is 0. The van der Waals surface area contributed by atoms with Crippen molar-refractivity contribution in [3.05, 3.63) is 106 Å². The van der Waals surface area contributed by atoms with Crippen LogP contribution in [0, 0.1) is 17.1 Å². The maximum atomic E-state index is 13.9. The summed E-state index contributed by atoms with van der Waals surface area (Å²) in [6.07, 6.45) is 11.0. The van der Waals surface area contributed by atoms with Gasteiger partial charge in [-0.3, -0.25) is 19.7 Å². The molecule has 0 bridgehead atoms. The van der Waals surface area contributed by atoms with Crippen LogP contribution in [0.25, 0.3) is 10.9 Å². The molecule has 5 rings (SSSR count). The number of nitrogens with one attached hydrogen (secondary N) is 5. The normalized spacial score (nSPS) is 16.6. The van der Waals surface area contributed by atoms with E-state index in [4.69, 9.17) is 23.2 Å². The minimum atomic E-state index is -0.550. The van der Waals surface area contributed by atoms with E-state index in [-0.39, 0.29) is 22.0 Å². The summed E-state index contributed by atoms with van der Waals surface area (Å²) in [6.45, 7) is 16.4. The maximum Gasteiger partial charge on any atom is 0.220 e. The standard InChI is InChI=1S/C37H42Cl2FN9O/c1-22(8-7-9-23(2)43-24(3)50)34(33-21-49(47-46-33)28-12-14-48(15-13-28)37(4,5)6)45-27-16-29-35(44-26-10-11-32(40)30(38)17-26)25(19-41)20-42-36(29)31(39)18-27/h7-11,16-18,20-21,28,34,45-47H,1,12-15H2,2-6H3,(H,42,44)(H,43,50)/b8-7-,23-9+/t34-/m0/s1. The molecule has 0 unspecified atom stereocenters. The number of rotatable bonds is 10. The zero-order chi connectivity index (χ0) is 36.2. The molecule has 1 amide bonds. The van der Waals surface area contributed by atoms with Crippen molar-refractivity contribution in [3.8, 4) is 6.07 Å². The molecule has 0 radical (unpaired) electrons. The first-order valence-electron chi connectivity index (χ1n) is 16.3. The molecule has 1 atom stereocenters. The van der Waals surface area contributed by atoms with E-state index in [2.05, 4.69) is 81.4 Å². The van der Waals surface area contributed by atoms with Crippen LogP contribution in [0.1, 0.15) is 53.0 Å². The molecule has 0 aliphatic carbocycles. The lowest BCUT2D eigenvalue weighted by molar-refractivity contribution is -0.118. The Kier molecular flexibility index (Phi) is 11.4. The van der Waals surface area contributed by atoms with Gasteiger partial charge in [-0.15, -0.1) is 5.53 Å². The van der Waals surface area contributed by atoms with Crippen LogP contribution in [-0.4, -0.2) is 51.5 Å². The highest BCUT2D eigenvalue weighted by Gasteiger charge is 2.32. The van der Waals surface area contributed by atoms with Crippen LogP contribution in [0.4, 0.5) is 21.5 Å². The van der Waals surface area contributed by atoms with Gasteiger partial charge < -0.3 is 21.4 Å². The van der Waals surface area contributed by atoms with E-state index in [1.807, 2.05) is 25.1 Å². The van der Waals surface area contributed by atoms with Crippen LogP contribution in [0.2, 0.25) is 10.0 Å². The number of pyridine rings is 1. The number of nitrogens with zero attached hydrogens (tertiary/aromatic N) is 4. The maximum absolute atomic E-state index is 13.9. The molecule has 0 saturated carbocycles. The Labute approximate surface area is 302 Å². The summed E-state index contributed by atoms with van der Waals surface area (Å²) in [5, 5.41) is 22.5. The van der Waals surface area contributed by atoms with E-state index >= 15 is 0 Å². The highest BCUT2D eigenvalue weighted by atomic mass is 35.5. The van der Waals surface area contributed by atoms with E-state index in [9.17, 15) is 14.4 Å². The van der Waals surface area contributed by atoms with Gasteiger partial charge in [-0.05, 0) is 82.5 Å². The van der Waals surface area contributed by atoms with Gasteiger partial charge in [0.15, 0.2) is 0 Å². The molecule has 3 heterocycles. The predicted octanol–water partition coefficient (Wildman–Crippen LogP) is 7.66. The molecular formula is C37H42Cl2FN9O. The highest BCUT2D eigenvalue weighted by molar-refractivity contribution is 6.36. The number of hydrazine groups is 2. The van der Waals surface area contributed by atoms with Crippen molar-refractivity contribution in [2.24, 2.45) is 0 Å². The molecule has 0 spiro atoms. The minimum absolute atomic E-state index is 0.0523. The van der Waals surface area contributed by atoms with Gasteiger partial charge in [0, 0.05) is 66.4 Å². The molecule has 1 aromatic heterocycles. The SMILES string of the molecule is C=C(/C=C\C=C(/C)NC(C)=O)[C@H](Nc1cc(Cl)c2ncc(C#N)c(Nc3ccc(F)c(Cl)c3)c2c1)C1=CN(C2CCN(C(C)(C)C)CC2)NN1. The van der Waals surface area contributed by atoms with Crippen molar-refractivity contribution in [1.82, 2.24) is 31.2 Å². The van der Waals surface area contributed by atoms with E-state index in [1.54, 1.807) is 12.1 Å². The Morgan fingerprint density at radius 3 is 2.54 bits per heavy atom. The number of nitriles is 1. The van der Waals surface area contributed by atoms with Crippen LogP contribution >= 0.6 is 23.2 Å². The van der Waals surface area contributed by atoms with E-state index in [1.165, 1.54) is 31.3 Å². The average molecular weight is 719 g/mol. The Morgan fingerprint density at radius 2 is 1.88 bits per heavy atom. The summed E-state index contributed by atoms with van der Waals surface area (Å²) in [5.41, 5.74) is 11.4. The minimum Gasteiger partial charge on any atom is -0.373 e. The Balaban J connectivity index is 1.48. The molecule has 10 nitrogen and oxygen atoms in total. The van der Waals surface area contributed by atoms with Crippen LogP contribution < -0.4 is 26.9 Å². The van der Waals surface area contributed by atoms with Crippen molar-refractivity contribution in [3.63, 3.8) is 0 Å². The van der Waals surface area contributed by atoms with Crippen LogP contribution in [0.5, 0.6) is 0 Å². The number of hydrogen-bond acceptors (Lipinski definition) is 9. The third kappa shape index (κ3) is 8.76. The summed E-state index contributed by atoms with van der Waals surface area (Å²) in [5.74, 6) is -0.699. The summed E-state index contributed by atoms with van der Waals surface area (Å²) >= 11 is 12.9. The molecule has 2 aliphatic heterocycles. The lowest BCUT2D eigenvalue weighted by atomic mass is 9.98. The number of allylic oxidation sites excluding steroid dienone is 3. The topological polar surface area (TPSA) is 120 Å². The van der Waals surface area contributed by atoms with Crippen molar-refractivity contribution in [1.29, 1.82) is 5.26 Å². The molecule has 2 aromatic carbocycles. The lowest BCUT2D eigenvalue weighted by Gasteiger charge is -2.42. The van der Waals surface area contributed by atoms with Gasteiger partial charge in [0.2, 0.25) is 5.91 Å². The number of halogens is 3. The Morgan fingerprint density at radius 1 is 1.16 bits per heavy atom. The monoisotopic (exact) mass is 717 g/mol. The second kappa shape index (κ2) is 15.5. The van der Waals surface area contributed by atoms with Gasteiger partial charge in [0.1, 0.15) is 11.9 Å². The average Bonchev–Trinajstić information content (AvgIpc) is 3.55. The number of carbonyl (C=O) groups excluding carboxylic acids is 1. The van der Waals surface area contributed by atoms with Crippen molar-refractivity contribution in [2.45, 2.75) is 65.1 Å². The number of piperidine rings is 1. The molecular weight excluding hydrogens is 676 g/mol. The van der Waals surface area contributed by atoms with E-state index in [0.717, 1.165) is 37.2 Å².